The second-order valence-electron chi connectivity index (χ2n) is 7.64. The van der Waals surface area contributed by atoms with E-state index in [9.17, 15) is 4.79 Å². The van der Waals surface area contributed by atoms with Crippen LogP contribution in [0.3, 0.4) is 0 Å². The van der Waals surface area contributed by atoms with E-state index in [4.69, 9.17) is 0 Å². The quantitative estimate of drug-likeness (QED) is 0.876. The second-order valence-corrected chi connectivity index (χ2v) is 7.64. The van der Waals surface area contributed by atoms with Gasteiger partial charge in [0.25, 0.3) is 0 Å². The minimum Gasteiger partial charge on any atom is -0.348 e. The Kier molecular flexibility index (Phi) is 5.82. The van der Waals surface area contributed by atoms with Crippen molar-refractivity contribution in [3.8, 4) is 0 Å². The van der Waals surface area contributed by atoms with Crippen LogP contribution in [0.25, 0.3) is 0 Å². The number of carbonyl (C=O) groups excluding carboxylic acids is 1. The van der Waals surface area contributed by atoms with Gasteiger partial charge in [0.15, 0.2) is 0 Å². The van der Waals surface area contributed by atoms with E-state index in [1.807, 2.05) is 31.1 Å². The van der Waals surface area contributed by atoms with Crippen molar-refractivity contribution in [3.63, 3.8) is 0 Å². The lowest BCUT2D eigenvalue weighted by atomic mass is 9.99. The van der Waals surface area contributed by atoms with E-state index in [0.717, 1.165) is 25.2 Å². The molecule has 1 heterocycles. The largest absolute Gasteiger partial charge is 0.348 e. The lowest BCUT2D eigenvalue weighted by molar-refractivity contribution is -0.127. The zero-order valence-electron chi connectivity index (χ0n) is 15.2. The van der Waals surface area contributed by atoms with Crippen molar-refractivity contribution in [3.05, 3.63) is 35.4 Å². The van der Waals surface area contributed by atoms with Crippen LogP contribution in [0.15, 0.2) is 24.3 Å². The highest BCUT2D eigenvalue weighted by Gasteiger charge is 2.30. The zero-order valence-corrected chi connectivity index (χ0v) is 15.2. The maximum absolute atomic E-state index is 12.9. The Morgan fingerprint density at radius 3 is 2.52 bits per heavy atom. The highest BCUT2D eigenvalue weighted by molar-refractivity contribution is 5.83. The number of nitrogens with one attached hydrogen (secondary N) is 1. The number of likely N-dealkylation sites (N-methyl/N-ethyl adjacent to an activating group) is 1. The molecule has 0 aromatic heterocycles. The Morgan fingerprint density at radius 2 is 1.96 bits per heavy atom. The van der Waals surface area contributed by atoms with Crippen LogP contribution in [-0.2, 0) is 4.79 Å². The molecule has 1 aliphatic heterocycles. The minimum atomic E-state index is -0.257. The highest BCUT2D eigenvalue weighted by atomic mass is 16.2. The third-order valence-corrected chi connectivity index (χ3v) is 4.40. The Bertz CT molecular complexity index is 533. The zero-order chi connectivity index (χ0) is 17.0. The molecule has 1 amide bonds. The van der Waals surface area contributed by atoms with Crippen molar-refractivity contribution in [2.45, 2.75) is 45.2 Å². The van der Waals surface area contributed by atoms with Crippen molar-refractivity contribution in [2.24, 2.45) is 0 Å². The monoisotopic (exact) mass is 317 g/mol. The van der Waals surface area contributed by atoms with Gasteiger partial charge in [0.05, 0.1) is 0 Å². The van der Waals surface area contributed by atoms with Gasteiger partial charge in [-0.3, -0.25) is 9.69 Å². The van der Waals surface area contributed by atoms with Crippen molar-refractivity contribution < 1.29 is 4.79 Å². The molecule has 1 N–H and O–H groups in total. The molecule has 1 saturated heterocycles. The van der Waals surface area contributed by atoms with Gasteiger partial charge in [-0.1, -0.05) is 29.8 Å². The fourth-order valence-corrected chi connectivity index (χ4v) is 3.47. The Hall–Kier alpha value is -1.39. The van der Waals surface area contributed by atoms with Crippen LogP contribution >= 0.6 is 0 Å². The lowest BCUT2D eigenvalue weighted by Crippen LogP contribution is -2.53. The first-order chi connectivity index (χ1) is 10.8. The summed E-state index contributed by atoms with van der Waals surface area (Å²) in [6, 6.07) is 7.95. The summed E-state index contributed by atoms with van der Waals surface area (Å²) in [6.07, 6.45) is 2.54. The number of carbonyl (C=O) groups is 1. The van der Waals surface area contributed by atoms with Gasteiger partial charge in [-0.05, 0) is 66.4 Å². The molecular formula is C19H31N3O. The van der Waals surface area contributed by atoms with E-state index < -0.39 is 0 Å². The Morgan fingerprint density at radius 1 is 1.30 bits per heavy atom. The van der Waals surface area contributed by atoms with Crippen LogP contribution < -0.4 is 5.32 Å². The minimum absolute atomic E-state index is 0.0739. The fraction of sp³-hybridized carbons (Fsp3) is 0.632. The van der Waals surface area contributed by atoms with E-state index >= 15 is 0 Å². The molecule has 1 atom stereocenters. The normalized spacial score (nSPS) is 17.5. The van der Waals surface area contributed by atoms with Crippen molar-refractivity contribution >= 4 is 5.91 Å². The predicted molar refractivity (Wildman–Crippen MR) is 95.5 cm³/mol. The van der Waals surface area contributed by atoms with Crippen molar-refractivity contribution in [2.75, 3.05) is 33.7 Å². The van der Waals surface area contributed by atoms with Gasteiger partial charge >= 0.3 is 0 Å². The number of rotatable bonds is 6. The summed E-state index contributed by atoms with van der Waals surface area (Å²) in [7, 11) is 3.92. The topological polar surface area (TPSA) is 35.6 Å². The number of aryl methyl sites for hydroxylation is 1. The maximum Gasteiger partial charge on any atom is 0.242 e. The molecular weight excluding hydrogens is 286 g/mol. The summed E-state index contributed by atoms with van der Waals surface area (Å²) in [6.45, 7) is 9.50. The molecule has 128 valence electrons. The van der Waals surface area contributed by atoms with Crippen LogP contribution in [0, 0.1) is 6.92 Å². The van der Waals surface area contributed by atoms with E-state index in [2.05, 4.69) is 43.1 Å². The third kappa shape index (κ3) is 5.05. The van der Waals surface area contributed by atoms with Gasteiger partial charge in [-0.2, -0.15) is 0 Å². The van der Waals surface area contributed by atoms with E-state index in [-0.39, 0.29) is 17.5 Å². The van der Waals surface area contributed by atoms with Gasteiger partial charge in [0, 0.05) is 12.1 Å². The molecule has 4 nitrogen and oxygen atoms in total. The summed E-state index contributed by atoms with van der Waals surface area (Å²) in [5.74, 6) is 0.0739. The first kappa shape index (κ1) is 18.0. The van der Waals surface area contributed by atoms with E-state index in [0.29, 0.717) is 0 Å². The van der Waals surface area contributed by atoms with Gasteiger partial charge < -0.3 is 10.2 Å². The standard InChI is InChI=1S/C19H31N3O/c1-15-9-8-10-16(13-15)17(21(4)5)18(23)20-19(2,3)14-22-11-6-7-12-22/h8-10,13,17H,6-7,11-12,14H2,1-5H3,(H,20,23). The van der Waals surface area contributed by atoms with Crippen LogP contribution in [0.4, 0.5) is 0 Å². The molecule has 0 aliphatic carbocycles. The average Bonchev–Trinajstić information content (AvgIpc) is 2.89. The average molecular weight is 317 g/mol. The van der Waals surface area contributed by atoms with Gasteiger partial charge in [-0.25, -0.2) is 0 Å². The number of hydrogen-bond acceptors (Lipinski definition) is 3. The molecule has 23 heavy (non-hydrogen) atoms. The number of nitrogens with zero attached hydrogens (tertiary/aromatic N) is 2. The molecule has 2 rings (SSSR count). The summed E-state index contributed by atoms with van der Waals surface area (Å²) in [5, 5.41) is 3.26. The van der Waals surface area contributed by atoms with Crippen LogP contribution in [-0.4, -0.2) is 55.0 Å². The number of amides is 1. The van der Waals surface area contributed by atoms with Crippen LogP contribution in [0.2, 0.25) is 0 Å². The molecule has 1 aromatic rings. The fourth-order valence-electron chi connectivity index (χ4n) is 3.47. The number of hydrogen-bond donors (Lipinski definition) is 1. The number of likely N-dealkylation sites (tertiary alicyclic amines) is 1. The summed E-state index contributed by atoms with van der Waals surface area (Å²) in [5.41, 5.74) is 2.00. The number of benzene rings is 1. The molecule has 4 heteroatoms. The molecule has 0 spiro atoms. The lowest BCUT2D eigenvalue weighted by Gasteiger charge is -2.34. The van der Waals surface area contributed by atoms with Gasteiger partial charge in [0.2, 0.25) is 5.91 Å². The first-order valence-corrected chi connectivity index (χ1v) is 8.56. The molecule has 1 unspecified atom stereocenters. The summed E-state index contributed by atoms with van der Waals surface area (Å²) in [4.78, 5) is 17.3. The van der Waals surface area contributed by atoms with Crippen LogP contribution in [0.5, 0.6) is 0 Å². The SMILES string of the molecule is Cc1cccc(C(C(=O)NC(C)(C)CN2CCCC2)N(C)C)c1. The highest BCUT2D eigenvalue weighted by Crippen LogP contribution is 2.21. The Labute approximate surface area is 140 Å². The molecule has 1 aliphatic rings. The van der Waals surface area contributed by atoms with Gasteiger partial charge in [-0.15, -0.1) is 0 Å². The summed E-state index contributed by atoms with van der Waals surface area (Å²) < 4.78 is 0. The van der Waals surface area contributed by atoms with Gasteiger partial charge in [0.1, 0.15) is 6.04 Å². The predicted octanol–water partition coefficient (Wildman–Crippen LogP) is 2.59. The molecule has 0 bridgehead atoms. The maximum atomic E-state index is 12.9. The molecule has 1 aromatic carbocycles. The van der Waals surface area contributed by atoms with E-state index in [1.165, 1.54) is 18.4 Å². The Balaban J connectivity index is 2.08. The smallest absolute Gasteiger partial charge is 0.242 e. The molecule has 0 radical (unpaired) electrons. The first-order valence-electron chi connectivity index (χ1n) is 8.56. The van der Waals surface area contributed by atoms with Crippen molar-refractivity contribution in [1.29, 1.82) is 0 Å². The van der Waals surface area contributed by atoms with E-state index in [1.54, 1.807) is 0 Å². The molecule has 0 saturated carbocycles. The van der Waals surface area contributed by atoms with Crippen molar-refractivity contribution in [1.82, 2.24) is 15.1 Å². The third-order valence-electron chi connectivity index (χ3n) is 4.40. The molecule has 1 fully saturated rings. The second kappa shape index (κ2) is 7.45. The summed E-state index contributed by atoms with van der Waals surface area (Å²) >= 11 is 0. The van der Waals surface area contributed by atoms with Crippen LogP contribution in [0.1, 0.15) is 43.9 Å².